The number of aliphatic hydroxyl groups is 3. The molecule has 0 aliphatic heterocycles. The summed E-state index contributed by atoms with van der Waals surface area (Å²) in [6.07, 6.45) is -2.72. The number of hydrogen-bond acceptors (Lipinski definition) is 5. The third-order valence-electron chi connectivity index (χ3n) is 2.10. The van der Waals surface area contributed by atoms with Crippen molar-refractivity contribution in [2.24, 2.45) is 0 Å². The normalized spacial score (nSPS) is 19.1. The Labute approximate surface area is 101 Å². The van der Waals surface area contributed by atoms with E-state index in [1.165, 1.54) is 0 Å². The molecule has 0 aliphatic rings. The number of ether oxygens (including phenoxy) is 2. The van der Waals surface area contributed by atoms with Crippen LogP contribution in [0, 0.1) is 0 Å². The Bertz CT molecular complexity index is 169. The van der Waals surface area contributed by atoms with E-state index in [1.807, 2.05) is 0 Å². The average molecular weight is 257 g/mol. The minimum atomic E-state index is -1.20. The lowest BCUT2D eigenvalue weighted by molar-refractivity contribution is -0.192. The van der Waals surface area contributed by atoms with Crippen molar-refractivity contribution in [3.8, 4) is 0 Å². The van der Waals surface area contributed by atoms with Crippen LogP contribution >= 0.6 is 11.6 Å². The van der Waals surface area contributed by atoms with Crippen LogP contribution in [0.2, 0.25) is 0 Å². The van der Waals surface area contributed by atoms with Crippen molar-refractivity contribution in [1.82, 2.24) is 0 Å². The number of rotatable bonds is 9. The highest BCUT2D eigenvalue weighted by Gasteiger charge is 2.24. The second-order valence-corrected chi connectivity index (χ2v) is 3.94. The summed E-state index contributed by atoms with van der Waals surface area (Å²) in [6.45, 7) is 3.28. The van der Waals surface area contributed by atoms with Gasteiger partial charge in [0.2, 0.25) is 0 Å². The number of alkyl halides is 1. The van der Waals surface area contributed by atoms with Gasteiger partial charge in [0, 0.05) is 5.88 Å². The maximum atomic E-state index is 9.50. The topological polar surface area (TPSA) is 79.2 Å². The smallest absolute Gasteiger partial charge is 0.155 e. The van der Waals surface area contributed by atoms with Gasteiger partial charge in [-0.3, -0.25) is 0 Å². The van der Waals surface area contributed by atoms with Gasteiger partial charge in [-0.15, -0.1) is 11.6 Å². The maximum absolute atomic E-state index is 9.50. The summed E-state index contributed by atoms with van der Waals surface area (Å²) >= 11 is 5.48. The van der Waals surface area contributed by atoms with Crippen molar-refractivity contribution in [1.29, 1.82) is 0 Å². The predicted octanol–water partition coefficient (Wildman–Crippen LogP) is 0.0971. The molecule has 0 aromatic heterocycles. The van der Waals surface area contributed by atoms with Crippen molar-refractivity contribution in [2.75, 3.05) is 19.1 Å². The molecule has 6 heteroatoms. The predicted molar refractivity (Wildman–Crippen MR) is 60.4 cm³/mol. The van der Waals surface area contributed by atoms with Crippen LogP contribution < -0.4 is 0 Å². The molecule has 5 nitrogen and oxygen atoms in total. The van der Waals surface area contributed by atoms with Crippen LogP contribution in [0.15, 0.2) is 0 Å². The SMILES string of the molecule is CC(O[C@H](C)OCCCCl)C(O)[C@H](O)CO. The molecule has 0 saturated heterocycles. The van der Waals surface area contributed by atoms with Crippen LogP contribution in [0.3, 0.4) is 0 Å². The Kier molecular flexibility index (Phi) is 9.21. The Morgan fingerprint density at radius 3 is 2.38 bits per heavy atom. The van der Waals surface area contributed by atoms with E-state index in [4.69, 9.17) is 26.2 Å². The molecule has 0 aromatic carbocycles. The van der Waals surface area contributed by atoms with Gasteiger partial charge in [0.15, 0.2) is 6.29 Å². The van der Waals surface area contributed by atoms with Crippen molar-refractivity contribution < 1.29 is 24.8 Å². The Balaban J connectivity index is 3.79. The zero-order valence-electron chi connectivity index (χ0n) is 9.67. The number of hydrogen-bond donors (Lipinski definition) is 3. The highest BCUT2D eigenvalue weighted by Crippen LogP contribution is 2.08. The van der Waals surface area contributed by atoms with Gasteiger partial charge < -0.3 is 24.8 Å². The molecule has 98 valence electrons. The molecule has 0 spiro atoms. The minimum Gasteiger partial charge on any atom is -0.394 e. The maximum Gasteiger partial charge on any atom is 0.155 e. The molecule has 0 heterocycles. The average Bonchev–Trinajstić information content (AvgIpc) is 2.27. The van der Waals surface area contributed by atoms with E-state index < -0.39 is 31.2 Å². The summed E-state index contributed by atoms with van der Waals surface area (Å²) in [5.74, 6) is 0.522. The van der Waals surface area contributed by atoms with E-state index in [0.29, 0.717) is 12.5 Å². The molecule has 0 rings (SSSR count). The first-order chi connectivity index (χ1) is 7.52. The monoisotopic (exact) mass is 256 g/mol. The first kappa shape index (κ1) is 16.1. The summed E-state index contributed by atoms with van der Waals surface area (Å²) in [6, 6.07) is 0. The largest absolute Gasteiger partial charge is 0.394 e. The Morgan fingerprint density at radius 1 is 1.25 bits per heavy atom. The summed E-state index contributed by atoms with van der Waals surface area (Å²) < 4.78 is 10.5. The van der Waals surface area contributed by atoms with Gasteiger partial charge >= 0.3 is 0 Å². The van der Waals surface area contributed by atoms with E-state index in [-0.39, 0.29) is 0 Å². The molecule has 0 amide bonds. The van der Waals surface area contributed by atoms with E-state index in [0.717, 1.165) is 6.42 Å². The summed E-state index contributed by atoms with van der Waals surface area (Å²) in [5, 5.41) is 27.3. The second-order valence-electron chi connectivity index (χ2n) is 3.56. The molecule has 3 N–H and O–H groups in total. The van der Waals surface area contributed by atoms with Crippen molar-refractivity contribution in [2.45, 2.75) is 44.9 Å². The van der Waals surface area contributed by atoms with Crippen molar-refractivity contribution in [3.63, 3.8) is 0 Å². The zero-order valence-corrected chi connectivity index (χ0v) is 10.4. The lowest BCUT2D eigenvalue weighted by Gasteiger charge is -2.25. The van der Waals surface area contributed by atoms with Crippen LogP contribution in [0.1, 0.15) is 20.3 Å². The lowest BCUT2D eigenvalue weighted by atomic mass is 10.1. The third kappa shape index (κ3) is 6.62. The summed E-state index contributed by atoms with van der Waals surface area (Å²) in [4.78, 5) is 0. The molecular formula is C10H21ClO5. The van der Waals surface area contributed by atoms with Crippen molar-refractivity contribution >= 4 is 11.6 Å². The van der Waals surface area contributed by atoms with E-state index in [2.05, 4.69) is 0 Å². The first-order valence-corrected chi connectivity index (χ1v) is 5.86. The molecule has 2 unspecified atom stereocenters. The van der Waals surface area contributed by atoms with Gasteiger partial charge in [0.05, 0.1) is 19.3 Å². The van der Waals surface area contributed by atoms with Gasteiger partial charge in [-0.05, 0) is 20.3 Å². The van der Waals surface area contributed by atoms with Crippen LogP contribution in [-0.4, -0.2) is 59.0 Å². The molecule has 0 saturated carbocycles. The van der Waals surface area contributed by atoms with E-state index in [9.17, 15) is 10.2 Å². The molecule has 0 bridgehead atoms. The second kappa shape index (κ2) is 9.15. The zero-order chi connectivity index (χ0) is 12.6. The molecule has 16 heavy (non-hydrogen) atoms. The quantitative estimate of drug-likeness (QED) is 0.310. The number of halogens is 1. The summed E-state index contributed by atoms with van der Waals surface area (Å²) in [7, 11) is 0. The van der Waals surface area contributed by atoms with E-state index >= 15 is 0 Å². The highest BCUT2D eigenvalue weighted by molar-refractivity contribution is 6.17. The Morgan fingerprint density at radius 2 is 1.88 bits per heavy atom. The number of aliphatic hydroxyl groups excluding tert-OH is 3. The molecule has 4 atom stereocenters. The van der Waals surface area contributed by atoms with E-state index in [1.54, 1.807) is 13.8 Å². The molecule has 0 aromatic rings. The highest BCUT2D eigenvalue weighted by atomic mass is 35.5. The Hall–Kier alpha value is 0.0900. The fourth-order valence-electron chi connectivity index (χ4n) is 1.15. The standard InChI is InChI=1S/C10H21ClO5/c1-7(10(14)9(13)6-12)16-8(2)15-5-3-4-11/h7-10,12-14H,3-6H2,1-2H3/t7?,8-,9-,10?/m1/s1. The van der Waals surface area contributed by atoms with Gasteiger partial charge in [0.1, 0.15) is 12.2 Å². The van der Waals surface area contributed by atoms with Crippen LogP contribution in [0.5, 0.6) is 0 Å². The fraction of sp³-hybridized carbons (Fsp3) is 1.00. The molecule has 0 radical (unpaired) electrons. The lowest BCUT2D eigenvalue weighted by Crippen LogP contribution is -2.41. The fourth-order valence-corrected chi connectivity index (χ4v) is 1.26. The van der Waals surface area contributed by atoms with Crippen LogP contribution in [0.25, 0.3) is 0 Å². The van der Waals surface area contributed by atoms with Crippen LogP contribution in [-0.2, 0) is 9.47 Å². The molecular weight excluding hydrogens is 236 g/mol. The van der Waals surface area contributed by atoms with Gasteiger partial charge in [-0.1, -0.05) is 0 Å². The first-order valence-electron chi connectivity index (χ1n) is 5.33. The van der Waals surface area contributed by atoms with Gasteiger partial charge in [-0.25, -0.2) is 0 Å². The van der Waals surface area contributed by atoms with Gasteiger partial charge in [0.25, 0.3) is 0 Å². The molecule has 0 fully saturated rings. The third-order valence-corrected chi connectivity index (χ3v) is 2.37. The van der Waals surface area contributed by atoms with Crippen molar-refractivity contribution in [3.05, 3.63) is 0 Å². The minimum absolute atomic E-state index is 0.482. The van der Waals surface area contributed by atoms with Crippen LogP contribution in [0.4, 0.5) is 0 Å². The van der Waals surface area contributed by atoms with Gasteiger partial charge in [-0.2, -0.15) is 0 Å². The molecule has 0 aliphatic carbocycles. The summed E-state index contributed by atoms with van der Waals surface area (Å²) in [5.41, 5.74) is 0.